The van der Waals surface area contributed by atoms with Gasteiger partial charge in [-0.05, 0) is 107 Å². The van der Waals surface area contributed by atoms with Gasteiger partial charge in [-0.25, -0.2) is 9.59 Å². The lowest BCUT2D eigenvalue weighted by molar-refractivity contribution is 0.0431. The maximum Gasteiger partial charge on any atom is 0.338 e. The van der Waals surface area contributed by atoms with E-state index in [4.69, 9.17) is 79.1 Å². The molecule has 210 valence electrons. The highest BCUT2D eigenvalue weighted by atomic mass is 35.5. The van der Waals surface area contributed by atoms with Gasteiger partial charge in [-0.2, -0.15) is 0 Å². The Morgan fingerprint density at radius 2 is 0.600 bits per heavy atom. The monoisotopic (exact) mass is 670 g/mol. The van der Waals surface area contributed by atoms with E-state index in [1.54, 1.807) is 0 Å². The molecule has 0 bridgehead atoms. The molecule has 0 unspecified atom stereocenters. The number of benzene rings is 2. The topological polar surface area (TPSA) is 155 Å². The summed E-state index contributed by atoms with van der Waals surface area (Å²) in [6.07, 6.45) is 0.240. The average molecular weight is 673 g/mol. The molecule has 10 nitrogen and oxygen atoms in total. The predicted molar refractivity (Wildman–Crippen MR) is 144 cm³/mol. The molecule has 0 aliphatic carbocycles. The number of halogens is 6. The third-order valence-corrected chi connectivity index (χ3v) is 6.25. The van der Waals surface area contributed by atoms with Crippen LogP contribution in [0, 0.1) is 0 Å². The molecule has 0 saturated heterocycles. The van der Waals surface area contributed by atoms with Crippen molar-refractivity contribution in [1.82, 2.24) is 0 Å². The van der Waals surface area contributed by atoms with Crippen LogP contribution in [0.5, 0.6) is 0 Å². The fraction of sp³-hybridized carbons (Fsp3) is 0.167. The standard InChI is InChI=1S/C24H12Cl6O10/c25-17(31)9-5-13(21(29)35)15(7-11(9)19(27)33)23(37)39-3-1-2-4-40-24(38)16-8-12(20(28)34)10(18(26)32)6-14(16)22(30)36/h5-8H,1-4H2. The molecular formula is C24H12Cl6O10. The minimum Gasteiger partial charge on any atom is -0.462 e. The molecule has 0 aromatic heterocycles. The van der Waals surface area contributed by atoms with E-state index in [0.29, 0.717) is 0 Å². The molecule has 2 aromatic rings. The minimum absolute atomic E-state index is 0.120. The van der Waals surface area contributed by atoms with Crippen molar-refractivity contribution in [3.8, 4) is 0 Å². The Morgan fingerprint density at radius 1 is 0.400 bits per heavy atom. The zero-order chi connectivity index (χ0) is 30.3. The van der Waals surface area contributed by atoms with Crippen LogP contribution in [0.15, 0.2) is 24.3 Å². The van der Waals surface area contributed by atoms with Gasteiger partial charge in [0, 0.05) is 33.4 Å². The summed E-state index contributed by atoms with van der Waals surface area (Å²) in [5, 5.41) is -6.76. The van der Waals surface area contributed by atoms with Gasteiger partial charge in [-0.15, -0.1) is 0 Å². The molecule has 16 heteroatoms. The number of rotatable bonds is 13. The Labute approximate surface area is 254 Å². The number of carbonyl (C=O) groups excluding carboxylic acids is 8. The molecule has 40 heavy (non-hydrogen) atoms. The second-order valence-corrected chi connectivity index (χ2v) is 9.57. The molecule has 0 spiro atoms. The molecule has 0 amide bonds. The third kappa shape index (κ3) is 8.33. The molecule has 2 rings (SSSR count). The van der Waals surface area contributed by atoms with Crippen LogP contribution >= 0.6 is 69.6 Å². The van der Waals surface area contributed by atoms with Crippen molar-refractivity contribution in [2.45, 2.75) is 12.8 Å². The maximum atomic E-state index is 12.5. The van der Waals surface area contributed by atoms with Gasteiger partial charge in [0.1, 0.15) is 0 Å². The first kappa shape index (κ1) is 33.3. The molecule has 2 aromatic carbocycles. The largest absolute Gasteiger partial charge is 0.462 e. The van der Waals surface area contributed by atoms with E-state index in [0.717, 1.165) is 24.3 Å². The van der Waals surface area contributed by atoms with Gasteiger partial charge < -0.3 is 9.47 Å². The average Bonchev–Trinajstić information content (AvgIpc) is 2.88. The predicted octanol–water partition coefficient (Wildman–Crippen LogP) is 5.75. The Bertz CT molecular complexity index is 1360. The zero-order valence-electron chi connectivity index (χ0n) is 19.5. The van der Waals surface area contributed by atoms with Gasteiger partial charge >= 0.3 is 11.9 Å². The van der Waals surface area contributed by atoms with Crippen molar-refractivity contribution in [3.05, 3.63) is 68.8 Å². The van der Waals surface area contributed by atoms with Crippen LogP contribution in [-0.2, 0) is 9.47 Å². The van der Waals surface area contributed by atoms with Gasteiger partial charge in [-0.1, -0.05) is 0 Å². The van der Waals surface area contributed by atoms with Gasteiger partial charge in [0.15, 0.2) is 0 Å². The van der Waals surface area contributed by atoms with Gasteiger partial charge in [-0.3, -0.25) is 28.8 Å². The van der Waals surface area contributed by atoms with Crippen LogP contribution in [0.25, 0.3) is 0 Å². The summed E-state index contributed by atoms with van der Waals surface area (Å²) in [5.41, 5.74) is -3.55. The molecule has 0 aliphatic rings. The number of hydrogen-bond acceptors (Lipinski definition) is 10. The van der Waals surface area contributed by atoms with Crippen molar-refractivity contribution in [2.24, 2.45) is 0 Å². The summed E-state index contributed by atoms with van der Waals surface area (Å²) in [6.45, 7) is -0.509. The lowest BCUT2D eigenvalue weighted by Crippen LogP contribution is -2.16. The van der Waals surface area contributed by atoms with Crippen molar-refractivity contribution in [1.29, 1.82) is 0 Å². The van der Waals surface area contributed by atoms with Crippen LogP contribution in [0.3, 0.4) is 0 Å². The first-order valence-corrected chi connectivity index (χ1v) is 12.8. The van der Waals surface area contributed by atoms with E-state index in [1.165, 1.54) is 0 Å². The van der Waals surface area contributed by atoms with Gasteiger partial charge in [0.2, 0.25) is 0 Å². The van der Waals surface area contributed by atoms with Crippen molar-refractivity contribution in [3.63, 3.8) is 0 Å². The van der Waals surface area contributed by atoms with E-state index < -0.39 is 87.9 Å². The molecule has 0 N–H and O–H groups in total. The smallest absolute Gasteiger partial charge is 0.338 e. The number of ether oxygens (including phenoxy) is 2. The molecular weight excluding hydrogens is 661 g/mol. The molecule has 0 heterocycles. The van der Waals surface area contributed by atoms with E-state index in [1.807, 2.05) is 0 Å². The highest BCUT2D eigenvalue weighted by Crippen LogP contribution is 2.25. The summed E-state index contributed by atoms with van der Waals surface area (Å²) >= 11 is 32.6. The zero-order valence-corrected chi connectivity index (χ0v) is 24.0. The van der Waals surface area contributed by atoms with Crippen LogP contribution < -0.4 is 0 Å². The first-order valence-electron chi connectivity index (χ1n) is 10.6. The molecule has 0 aliphatic heterocycles. The Hall–Kier alpha value is -2.86. The first-order chi connectivity index (χ1) is 18.7. The van der Waals surface area contributed by atoms with Crippen molar-refractivity contribution >= 4 is 113 Å². The third-order valence-electron chi connectivity index (χ3n) is 5.03. The Balaban J connectivity index is 2.06. The summed E-state index contributed by atoms with van der Waals surface area (Å²) in [5.74, 6) is -2.16. The Kier molecular flexibility index (Phi) is 12.2. The Morgan fingerprint density at radius 3 is 0.825 bits per heavy atom. The molecule has 0 atom stereocenters. The maximum absolute atomic E-state index is 12.5. The summed E-state index contributed by atoms with van der Waals surface area (Å²) in [6, 6.07) is 3.39. The summed E-state index contributed by atoms with van der Waals surface area (Å²) < 4.78 is 10.1. The summed E-state index contributed by atoms with van der Waals surface area (Å²) in [4.78, 5) is 94.9. The number of esters is 2. The van der Waals surface area contributed by atoms with Crippen LogP contribution in [0.4, 0.5) is 0 Å². The van der Waals surface area contributed by atoms with Crippen LogP contribution in [-0.4, -0.2) is 56.6 Å². The fourth-order valence-corrected chi connectivity index (χ4v) is 4.14. The van der Waals surface area contributed by atoms with E-state index >= 15 is 0 Å². The fourth-order valence-electron chi connectivity index (χ4n) is 3.20. The number of unbranched alkanes of at least 4 members (excludes halogenated alkanes) is 1. The van der Waals surface area contributed by atoms with Crippen molar-refractivity contribution in [2.75, 3.05) is 13.2 Å². The van der Waals surface area contributed by atoms with Gasteiger partial charge in [0.25, 0.3) is 31.5 Å². The SMILES string of the molecule is O=C(Cl)c1cc(C(=O)Cl)c(C(=O)OCCCCOC(=O)c2cc(C(=O)Cl)c(C(=O)Cl)cc2C(=O)Cl)cc1C(=O)Cl. The van der Waals surface area contributed by atoms with Crippen LogP contribution in [0.2, 0.25) is 0 Å². The molecule has 0 radical (unpaired) electrons. The molecule has 0 fully saturated rings. The summed E-state index contributed by atoms with van der Waals surface area (Å²) in [7, 11) is 0. The minimum atomic E-state index is -1.14. The lowest BCUT2D eigenvalue weighted by atomic mass is 9.99. The normalized spacial score (nSPS) is 10.4. The second kappa shape index (κ2) is 14.7. The highest BCUT2D eigenvalue weighted by Gasteiger charge is 2.26. The van der Waals surface area contributed by atoms with Crippen LogP contribution in [0.1, 0.15) is 95.7 Å². The van der Waals surface area contributed by atoms with E-state index in [2.05, 4.69) is 0 Å². The molecule has 0 saturated carbocycles. The number of carbonyl (C=O) groups is 8. The number of hydrogen-bond donors (Lipinski definition) is 0. The second-order valence-electron chi connectivity index (χ2n) is 7.51. The highest BCUT2D eigenvalue weighted by molar-refractivity contribution is 6.73. The van der Waals surface area contributed by atoms with E-state index in [9.17, 15) is 38.4 Å². The van der Waals surface area contributed by atoms with Crippen molar-refractivity contribution < 1.29 is 47.8 Å². The quantitative estimate of drug-likeness (QED) is 0.146. The van der Waals surface area contributed by atoms with Gasteiger partial charge in [0.05, 0.1) is 24.3 Å². The van der Waals surface area contributed by atoms with E-state index in [-0.39, 0.29) is 26.1 Å². The lowest BCUT2D eigenvalue weighted by Gasteiger charge is -2.12.